The van der Waals surface area contributed by atoms with Crippen molar-refractivity contribution in [2.24, 2.45) is 4.99 Å². The Morgan fingerprint density at radius 3 is 2.36 bits per heavy atom. The SMILES string of the molecule is CN(C)C=Nc1ccc2c(c1)c1ccccc1n2Cc1ccccc1. The quantitative estimate of drug-likeness (QED) is 0.379. The molecule has 0 bridgehead atoms. The molecule has 3 aromatic carbocycles. The third-order valence-corrected chi connectivity index (χ3v) is 4.38. The van der Waals surface area contributed by atoms with Gasteiger partial charge in [0.2, 0.25) is 0 Å². The maximum atomic E-state index is 4.55. The van der Waals surface area contributed by atoms with E-state index in [0.717, 1.165) is 12.2 Å². The second kappa shape index (κ2) is 6.44. The van der Waals surface area contributed by atoms with Crippen LogP contribution in [0.15, 0.2) is 77.8 Å². The van der Waals surface area contributed by atoms with Gasteiger partial charge in [0, 0.05) is 42.4 Å². The third kappa shape index (κ3) is 3.01. The lowest BCUT2D eigenvalue weighted by Gasteiger charge is -2.08. The number of aliphatic imine (C=N–C) groups is 1. The van der Waals surface area contributed by atoms with Crippen LogP contribution in [0, 0.1) is 0 Å². The van der Waals surface area contributed by atoms with Crippen molar-refractivity contribution in [1.82, 2.24) is 9.47 Å². The van der Waals surface area contributed by atoms with E-state index in [9.17, 15) is 0 Å². The number of fused-ring (bicyclic) bond motifs is 3. The molecule has 0 saturated heterocycles. The second-order valence-electron chi connectivity index (χ2n) is 6.50. The van der Waals surface area contributed by atoms with Crippen molar-refractivity contribution in [3.8, 4) is 0 Å². The van der Waals surface area contributed by atoms with E-state index in [1.807, 2.05) is 25.3 Å². The molecule has 3 nitrogen and oxygen atoms in total. The molecule has 0 spiro atoms. The fraction of sp³-hybridized carbons (Fsp3) is 0.136. The van der Waals surface area contributed by atoms with Gasteiger partial charge in [0.05, 0.1) is 12.0 Å². The highest BCUT2D eigenvalue weighted by Gasteiger charge is 2.11. The Bertz CT molecular complexity index is 1040. The van der Waals surface area contributed by atoms with Crippen LogP contribution in [-0.4, -0.2) is 29.9 Å². The van der Waals surface area contributed by atoms with Gasteiger partial charge in [-0.3, -0.25) is 0 Å². The number of aromatic nitrogens is 1. The average Bonchev–Trinajstić information content (AvgIpc) is 2.95. The smallest absolute Gasteiger partial charge is 0.0907 e. The van der Waals surface area contributed by atoms with Crippen molar-refractivity contribution in [3.63, 3.8) is 0 Å². The van der Waals surface area contributed by atoms with E-state index in [2.05, 4.69) is 82.4 Å². The van der Waals surface area contributed by atoms with Gasteiger partial charge in [-0.2, -0.15) is 0 Å². The summed E-state index contributed by atoms with van der Waals surface area (Å²) < 4.78 is 2.39. The van der Waals surface area contributed by atoms with Crippen LogP contribution in [0.25, 0.3) is 21.8 Å². The lowest BCUT2D eigenvalue weighted by atomic mass is 10.1. The highest BCUT2D eigenvalue weighted by molar-refractivity contribution is 6.09. The molecule has 0 unspecified atom stereocenters. The molecule has 0 N–H and O–H groups in total. The van der Waals surface area contributed by atoms with Gasteiger partial charge in [0.1, 0.15) is 0 Å². The minimum Gasteiger partial charge on any atom is -0.369 e. The van der Waals surface area contributed by atoms with Crippen LogP contribution >= 0.6 is 0 Å². The summed E-state index contributed by atoms with van der Waals surface area (Å²) in [6.45, 7) is 0.866. The Balaban J connectivity index is 1.89. The highest BCUT2D eigenvalue weighted by Crippen LogP contribution is 2.32. The van der Waals surface area contributed by atoms with Crippen molar-refractivity contribution < 1.29 is 0 Å². The number of nitrogens with zero attached hydrogens (tertiary/aromatic N) is 3. The summed E-state index contributed by atoms with van der Waals surface area (Å²) in [5, 5.41) is 2.52. The molecule has 1 heterocycles. The molecule has 4 aromatic rings. The van der Waals surface area contributed by atoms with Gasteiger partial charge >= 0.3 is 0 Å². The predicted octanol–water partition coefficient (Wildman–Crippen LogP) is 5.06. The molecule has 0 aliphatic rings. The topological polar surface area (TPSA) is 20.5 Å². The molecule has 0 amide bonds. The van der Waals surface area contributed by atoms with E-state index >= 15 is 0 Å². The standard InChI is InChI=1S/C22H21N3/c1-24(2)16-23-18-12-13-22-20(14-18)19-10-6-7-11-21(19)25(22)15-17-8-4-3-5-9-17/h3-14,16H,15H2,1-2H3. The largest absolute Gasteiger partial charge is 0.369 e. The number of hydrogen-bond acceptors (Lipinski definition) is 1. The zero-order valence-corrected chi connectivity index (χ0v) is 14.6. The highest BCUT2D eigenvalue weighted by atomic mass is 15.1. The molecule has 0 aliphatic carbocycles. The lowest BCUT2D eigenvalue weighted by molar-refractivity contribution is 0.643. The maximum absolute atomic E-state index is 4.55. The minimum atomic E-state index is 0.866. The van der Waals surface area contributed by atoms with Gasteiger partial charge in [0.15, 0.2) is 0 Å². The van der Waals surface area contributed by atoms with Gasteiger partial charge in [0.25, 0.3) is 0 Å². The van der Waals surface area contributed by atoms with Crippen LogP contribution < -0.4 is 0 Å². The number of rotatable bonds is 4. The molecule has 25 heavy (non-hydrogen) atoms. The number of hydrogen-bond donors (Lipinski definition) is 0. The summed E-state index contributed by atoms with van der Waals surface area (Å²) in [6, 6.07) is 25.6. The lowest BCUT2D eigenvalue weighted by Crippen LogP contribution is -2.06. The van der Waals surface area contributed by atoms with Gasteiger partial charge in [-0.15, -0.1) is 0 Å². The van der Waals surface area contributed by atoms with E-state index in [1.165, 1.54) is 27.4 Å². The monoisotopic (exact) mass is 327 g/mol. The first-order valence-electron chi connectivity index (χ1n) is 8.48. The predicted molar refractivity (Wildman–Crippen MR) is 107 cm³/mol. The van der Waals surface area contributed by atoms with Crippen LogP contribution in [0.4, 0.5) is 5.69 Å². The van der Waals surface area contributed by atoms with Gasteiger partial charge in [-0.25, -0.2) is 4.99 Å². The fourth-order valence-corrected chi connectivity index (χ4v) is 3.24. The van der Waals surface area contributed by atoms with Crippen LogP contribution in [-0.2, 0) is 6.54 Å². The van der Waals surface area contributed by atoms with Crippen molar-refractivity contribution >= 4 is 33.8 Å². The van der Waals surface area contributed by atoms with Crippen LogP contribution in [0.3, 0.4) is 0 Å². The van der Waals surface area contributed by atoms with Crippen molar-refractivity contribution in [3.05, 3.63) is 78.4 Å². The van der Waals surface area contributed by atoms with E-state index < -0.39 is 0 Å². The van der Waals surface area contributed by atoms with Crippen molar-refractivity contribution in [2.75, 3.05) is 14.1 Å². The molecule has 3 heteroatoms. The summed E-state index contributed by atoms with van der Waals surface area (Å²) in [7, 11) is 3.96. The van der Waals surface area contributed by atoms with Crippen LogP contribution in [0.1, 0.15) is 5.56 Å². The minimum absolute atomic E-state index is 0.866. The molecule has 0 atom stereocenters. The zero-order chi connectivity index (χ0) is 17.2. The summed E-state index contributed by atoms with van der Waals surface area (Å²) in [5.74, 6) is 0. The van der Waals surface area contributed by atoms with Gasteiger partial charge in [-0.1, -0.05) is 48.5 Å². The number of para-hydroxylation sites is 1. The van der Waals surface area contributed by atoms with Gasteiger partial charge in [-0.05, 0) is 29.8 Å². The Labute approximate surface area is 147 Å². The van der Waals surface area contributed by atoms with E-state index in [0.29, 0.717) is 0 Å². The summed E-state index contributed by atoms with van der Waals surface area (Å²) in [6.07, 6.45) is 1.84. The fourth-order valence-electron chi connectivity index (χ4n) is 3.24. The average molecular weight is 327 g/mol. The molecule has 124 valence electrons. The van der Waals surface area contributed by atoms with Crippen molar-refractivity contribution in [2.45, 2.75) is 6.54 Å². The summed E-state index contributed by atoms with van der Waals surface area (Å²) in [4.78, 5) is 6.49. The Morgan fingerprint density at radius 1 is 0.840 bits per heavy atom. The van der Waals surface area contributed by atoms with E-state index in [-0.39, 0.29) is 0 Å². The maximum Gasteiger partial charge on any atom is 0.0907 e. The normalized spacial score (nSPS) is 11.6. The molecule has 4 rings (SSSR count). The number of benzene rings is 3. The van der Waals surface area contributed by atoms with E-state index in [4.69, 9.17) is 0 Å². The van der Waals surface area contributed by atoms with Gasteiger partial charge < -0.3 is 9.47 Å². The molecular weight excluding hydrogens is 306 g/mol. The third-order valence-electron chi connectivity index (χ3n) is 4.38. The Kier molecular flexibility index (Phi) is 3.98. The molecule has 1 aromatic heterocycles. The Hall–Kier alpha value is -3.07. The van der Waals surface area contributed by atoms with Crippen molar-refractivity contribution in [1.29, 1.82) is 0 Å². The second-order valence-corrected chi connectivity index (χ2v) is 6.50. The summed E-state index contributed by atoms with van der Waals surface area (Å²) in [5.41, 5.74) is 4.78. The first-order valence-corrected chi connectivity index (χ1v) is 8.48. The zero-order valence-electron chi connectivity index (χ0n) is 14.6. The molecule has 0 aliphatic heterocycles. The Morgan fingerprint density at radius 2 is 1.56 bits per heavy atom. The first kappa shape index (κ1) is 15.5. The first-order chi connectivity index (χ1) is 12.2. The molecule has 0 radical (unpaired) electrons. The van der Waals surface area contributed by atoms with E-state index in [1.54, 1.807) is 0 Å². The summed E-state index contributed by atoms with van der Waals surface area (Å²) >= 11 is 0. The molecule has 0 fully saturated rings. The van der Waals surface area contributed by atoms with Crippen LogP contribution in [0.2, 0.25) is 0 Å². The molecule has 0 saturated carbocycles. The van der Waals surface area contributed by atoms with Crippen LogP contribution in [0.5, 0.6) is 0 Å². The molecular formula is C22H21N3.